The molecule has 1 N–H and O–H groups in total. The Hall–Kier alpha value is -1.81. The molecule has 0 fully saturated rings. The van der Waals surface area contributed by atoms with E-state index in [1.807, 2.05) is 29.8 Å². The van der Waals surface area contributed by atoms with Gasteiger partial charge in [-0.3, -0.25) is 4.68 Å². The zero-order chi connectivity index (χ0) is 15.4. The first-order chi connectivity index (χ1) is 10.0. The molecule has 0 aliphatic rings. The molecule has 0 spiro atoms. The van der Waals surface area contributed by atoms with E-state index in [0.29, 0.717) is 6.61 Å². The number of aryl methyl sites for hydroxylation is 3. The summed E-state index contributed by atoms with van der Waals surface area (Å²) in [5.74, 6) is 0.743. The summed E-state index contributed by atoms with van der Waals surface area (Å²) in [4.78, 5) is 0. The lowest BCUT2D eigenvalue weighted by atomic mass is 10.1. The van der Waals surface area contributed by atoms with Crippen LogP contribution in [-0.2, 0) is 19.6 Å². The molecule has 4 nitrogen and oxygen atoms in total. The van der Waals surface area contributed by atoms with Gasteiger partial charge in [0.15, 0.2) is 0 Å². The highest BCUT2D eigenvalue weighted by molar-refractivity contribution is 5.38. The van der Waals surface area contributed by atoms with Crippen molar-refractivity contribution in [3.63, 3.8) is 0 Å². The molecule has 21 heavy (non-hydrogen) atoms. The Morgan fingerprint density at radius 1 is 1.29 bits per heavy atom. The molecule has 0 aliphatic heterocycles. The van der Waals surface area contributed by atoms with Crippen LogP contribution >= 0.6 is 0 Å². The van der Waals surface area contributed by atoms with Crippen LogP contribution in [0.15, 0.2) is 24.3 Å². The summed E-state index contributed by atoms with van der Waals surface area (Å²) in [5.41, 5.74) is 4.08. The maximum atomic E-state index is 9.84. The number of aliphatic hydroxyl groups excluding tert-OH is 1. The lowest BCUT2D eigenvalue weighted by Gasteiger charge is -2.14. The van der Waals surface area contributed by atoms with E-state index in [4.69, 9.17) is 4.74 Å². The number of hydrogen-bond donors (Lipinski definition) is 1. The molecule has 1 aromatic carbocycles. The summed E-state index contributed by atoms with van der Waals surface area (Å²) in [7, 11) is 0. The van der Waals surface area contributed by atoms with Crippen LogP contribution in [0.25, 0.3) is 0 Å². The Balaban J connectivity index is 2.19. The van der Waals surface area contributed by atoms with Crippen LogP contribution < -0.4 is 4.74 Å². The van der Waals surface area contributed by atoms with Gasteiger partial charge in [0.05, 0.1) is 17.5 Å². The minimum Gasteiger partial charge on any atom is -0.487 e. The molecule has 1 aromatic heterocycles. The molecule has 0 aliphatic carbocycles. The van der Waals surface area contributed by atoms with Gasteiger partial charge in [-0.05, 0) is 44.9 Å². The van der Waals surface area contributed by atoms with E-state index in [2.05, 4.69) is 25.0 Å². The largest absolute Gasteiger partial charge is 0.487 e. The standard InChI is InChI=1S/C17H24N2O2/c1-5-14-10-15(19(6-2)18-14)11-21-17-9-12(3)7-8-16(17)13(4)20/h7-10,13,20H,5-6,11H2,1-4H3/t13-/m1/s1. The minimum atomic E-state index is -0.539. The number of ether oxygens (including phenoxy) is 1. The Kier molecular flexibility index (Phi) is 5.02. The molecular weight excluding hydrogens is 264 g/mol. The SMILES string of the molecule is CCc1cc(COc2cc(C)ccc2[C@@H](C)O)n(CC)n1. The number of nitrogens with zero attached hydrogens (tertiary/aromatic N) is 2. The highest BCUT2D eigenvalue weighted by Crippen LogP contribution is 2.27. The molecule has 0 saturated heterocycles. The van der Waals surface area contributed by atoms with Crippen molar-refractivity contribution in [1.82, 2.24) is 9.78 Å². The highest BCUT2D eigenvalue weighted by atomic mass is 16.5. The first kappa shape index (κ1) is 15.6. The molecule has 0 bridgehead atoms. The number of aliphatic hydroxyl groups is 1. The molecule has 0 amide bonds. The Morgan fingerprint density at radius 3 is 2.67 bits per heavy atom. The molecule has 0 saturated carbocycles. The third-order valence-electron chi connectivity index (χ3n) is 3.57. The van der Waals surface area contributed by atoms with Crippen LogP contribution in [0.3, 0.4) is 0 Å². The first-order valence-corrected chi connectivity index (χ1v) is 7.52. The van der Waals surface area contributed by atoms with E-state index in [0.717, 1.165) is 41.2 Å². The number of benzene rings is 1. The van der Waals surface area contributed by atoms with E-state index in [9.17, 15) is 5.11 Å². The van der Waals surface area contributed by atoms with E-state index in [1.165, 1.54) is 0 Å². The van der Waals surface area contributed by atoms with Gasteiger partial charge in [-0.25, -0.2) is 0 Å². The van der Waals surface area contributed by atoms with E-state index >= 15 is 0 Å². The summed E-state index contributed by atoms with van der Waals surface area (Å²) in [6.07, 6.45) is 0.381. The second-order valence-electron chi connectivity index (χ2n) is 5.30. The van der Waals surface area contributed by atoms with E-state index < -0.39 is 6.10 Å². The monoisotopic (exact) mass is 288 g/mol. The van der Waals surface area contributed by atoms with Crippen molar-refractivity contribution in [2.24, 2.45) is 0 Å². The lowest BCUT2D eigenvalue weighted by molar-refractivity contribution is 0.189. The van der Waals surface area contributed by atoms with Crippen molar-refractivity contribution in [2.75, 3.05) is 0 Å². The van der Waals surface area contributed by atoms with Crippen LogP contribution in [0.1, 0.15) is 49.4 Å². The van der Waals surface area contributed by atoms with E-state index in [-0.39, 0.29) is 0 Å². The smallest absolute Gasteiger partial charge is 0.130 e. The van der Waals surface area contributed by atoms with Gasteiger partial charge in [-0.15, -0.1) is 0 Å². The van der Waals surface area contributed by atoms with Crippen LogP contribution in [0.2, 0.25) is 0 Å². The van der Waals surface area contributed by atoms with Gasteiger partial charge in [0, 0.05) is 12.1 Å². The number of rotatable bonds is 6. The maximum Gasteiger partial charge on any atom is 0.130 e. The van der Waals surface area contributed by atoms with Crippen LogP contribution in [0.4, 0.5) is 0 Å². The Morgan fingerprint density at radius 2 is 2.05 bits per heavy atom. The number of aromatic nitrogens is 2. The van der Waals surface area contributed by atoms with Gasteiger partial charge >= 0.3 is 0 Å². The lowest BCUT2D eigenvalue weighted by Crippen LogP contribution is -2.07. The average Bonchev–Trinajstić information content (AvgIpc) is 2.87. The summed E-state index contributed by atoms with van der Waals surface area (Å²) in [6.45, 7) is 9.23. The van der Waals surface area contributed by atoms with Crippen LogP contribution in [-0.4, -0.2) is 14.9 Å². The highest BCUT2D eigenvalue weighted by Gasteiger charge is 2.11. The van der Waals surface area contributed by atoms with Crippen molar-refractivity contribution in [1.29, 1.82) is 0 Å². The van der Waals surface area contributed by atoms with Gasteiger partial charge in [-0.2, -0.15) is 5.10 Å². The van der Waals surface area contributed by atoms with Gasteiger partial charge in [0.1, 0.15) is 12.4 Å². The molecule has 2 rings (SSSR count). The minimum absolute atomic E-state index is 0.462. The molecule has 1 atom stereocenters. The normalized spacial score (nSPS) is 12.4. The summed E-state index contributed by atoms with van der Waals surface area (Å²) in [6, 6.07) is 7.96. The third kappa shape index (κ3) is 3.64. The summed E-state index contributed by atoms with van der Waals surface area (Å²) >= 11 is 0. The topological polar surface area (TPSA) is 47.3 Å². The van der Waals surface area contributed by atoms with E-state index in [1.54, 1.807) is 6.92 Å². The first-order valence-electron chi connectivity index (χ1n) is 7.52. The predicted molar refractivity (Wildman–Crippen MR) is 83.4 cm³/mol. The molecular formula is C17H24N2O2. The summed E-state index contributed by atoms with van der Waals surface area (Å²) in [5, 5.41) is 14.4. The van der Waals surface area contributed by atoms with Crippen LogP contribution in [0, 0.1) is 6.92 Å². The molecule has 0 unspecified atom stereocenters. The molecule has 2 aromatic rings. The van der Waals surface area contributed by atoms with Gasteiger partial charge < -0.3 is 9.84 Å². The second-order valence-corrected chi connectivity index (χ2v) is 5.30. The van der Waals surface area contributed by atoms with Crippen LogP contribution in [0.5, 0.6) is 5.75 Å². The molecule has 0 radical (unpaired) electrons. The Bertz CT molecular complexity index is 603. The zero-order valence-electron chi connectivity index (χ0n) is 13.3. The Labute approximate surface area is 126 Å². The third-order valence-corrected chi connectivity index (χ3v) is 3.57. The molecule has 4 heteroatoms. The quantitative estimate of drug-likeness (QED) is 0.886. The molecule has 114 valence electrons. The fourth-order valence-corrected chi connectivity index (χ4v) is 2.34. The van der Waals surface area contributed by atoms with Crippen molar-refractivity contribution in [3.05, 3.63) is 46.8 Å². The van der Waals surface area contributed by atoms with Gasteiger partial charge in [0.25, 0.3) is 0 Å². The predicted octanol–water partition coefficient (Wildman–Crippen LogP) is 3.41. The molecule has 1 heterocycles. The van der Waals surface area contributed by atoms with Crippen molar-refractivity contribution in [3.8, 4) is 5.75 Å². The fourth-order valence-electron chi connectivity index (χ4n) is 2.34. The van der Waals surface area contributed by atoms with Crippen molar-refractivity contribution >= 4 is 0 Å². The van der Waals surface area contributed by atoms with Gasteiger partial charge in [0.2, 0.25) is 0 Å². The second kappa shape index (κ2) is 6.76. The van der Waals surface area contributed by atoms with Crippen molar-refractivity contribution < 1.29 is 9.84 Å². The van der Waals surface area contributed by atoms with Crippen molar-refractivity contribution in [2.45, 2.75) is 53.4 Å². The average molecular weight is 288 g/mol. The van der Waals surface area contributed by atoms with Gasteiger partial charge in [-0.1, -0.05) is 19.1 Å². The summed E-state index contributed by atoms with van der Waals surface area (Å²) < 4.78 is 7.91. The fraction of sp³-hybridized carbons (Fsp3) is 0.471. The number of hydrogen-bond acceptors (Lipinski definition) is 3. The zero-order valence-corrected chi connectivity index (χ0v) is 13.3. The maximum absolute atomic E-state index is 9.84.